The molecule has 0 N–H and O–H groups in total. The molecule has 2 fully saturated rings. The summed E-state index contributed by atoms with van der Waals surface area (Å²) in [7, 11) is 0. The number of para-hydroxylation sites is 4. The van der Waals surface area contributed by atoms with E-state index in [1.54, 1.807) is 12.4 Å². The molecule has 4 aliphatic heterocycles. The summed E-state index contributed by atoms with van der Waals surface area (Å²) >= 11 is 0. The summed E-state index contributed by atoms with van der Waals surface area (Å²) in [5, 5.41) is 1.50. The standard InChI is InChI=1S/C46H48N6O8/c53-45(59-41-31-51(35-9-3-1-7-33(35)41)25-19-47-15-21-49(22-16-47)37-11-5-13-39-43(37)57-29-27-55-39)46(54)60-42-32-52(36-10-4-2-8-34(36)42)26-20-48-17-23-50(24-18-48)38-12-6-14-40-44(38)58-30-28-56-40/h1-14,31-32H,15-30H2. The molecule has 6 aromatic rings. The predicted molar refractivity (Wildman–Crippen MR) is 227 cm³/mol. The van der Waals surface area contributed by atoms with Gasteiger partial charge in [0, 0.05) is 102 Å². The Bertz CT molecular complexity index is 2340. The zero-order valence-electron chi connectivity index (χ0n) is 33.5. The molecule has 14 heteroatoms. The molecule has 310 valence electrons. The van der Waals surface area contributed by atoms with E-state index in [0.29, 0.717) is 51.0 Å². The number of rotatable bonds is 10. The van der Waals surface area contributed by atoms with Gasteiger partial charge in [-0.25, -0.2) is 9.59 Å². The first kappa shape index (κ1) is 37.9. The Labute approximate surface area is 347 Å². The van der Waals surface area contributed by atoms with Gasteiger partial charge in [0.15, 0.2) is 34.5 Å². The van der Waals surface area contributed by atoms with Crippen LogP contribution in [0.2, 0.25) is 0 Å². The number of carbonyl (C=O) groups excluding carboxylic acids is 2. The van der Waals surface area contributed by atoms with Crippen LogP contribution in [0.3, 0.4) is 0 Å². The van der Waals surface area contributed by atoms with Gasteiger partial charge in [0.2, 0.25) is 0 Å². The summed E-state index contributed by atoms with van der Waals surface area (Å²) in [6.07, 6.45) is 3.61. The van der Waals surface area contributed by atoms with Crippen molar-refractivity contribution in [3.8, 4) is 34.5 Å². The van der Waals surface area contributed by atoms with Crippen LogP contribution in [-0.4, -0.2) is 123 Å². The fraction of sp³-hybridized carbons (Fsp3) is 0.348. The number of piperazine rings is 2. The van der Waals surface area contributed by atoms with Gasteiger partial charge in [0.25, 0.3) is 0 Å². The Kier molecular flexibility index (Phi) is 10.5. The third-order valence-electron chi connectivity index (χ3n) is 11.9. The summed E-state index contributed by atoms with van der Waals surface area (Å²) in [4.78, 5) is 36.2. The molecule has 0 amide bonds. The lowest BCUT2D eigenvalue weighted by Crippen LogP contribution is -2.47. The Morgan fingerprint density at radius 2 is 0.883 bits per heavy atom. The number of hydrogen-bond acceptors (Lipinski definition) is 12. The summed E-state index contributed by atoms with van der Waals surface area (Å²) < 4.78 is 39.2. The number of nitrogens with zero attached hydrogens (tertiary/aromatic N) is 6. The van der Waals surface area contributed by atoms with E-state index in [9.17, 15) is 9.59 Å². The number of fused-ring (bicyclic) bond motifs is 4. The lowest BCUT2D eigenvalue weighted by Gasteiger charge is -2.37. The number of carbonyl (C=O) groups is 2. The smallest absolute Gasteiger partial charge is 0.423 e. The lowest BCUT2D eigenvalue weighted by molar-refractivity contribution is -0.156. The van der Waals surface area contributed by atoms with Gasteiger partial charge >= 0.3 is 11.9 Å². The molecule has 14 nitrogen and oxygen atoms in total. The zero-order valence-corrected chi connectivity index (χ0v) is 33.5. The SMILES string of the molecule is O=C(Oc1cn(CCN2CCN(c3cccc4c3OCCO4)CC2)c2ccccc12)C(=O)Oc1cn(CCN2CCN(c3cccc4c3OCCO4)CC2)c2ccccc12. The van der Waals surface area contributed by atoms with Crippen molar-refractivity contribution < 1.29 is 38.0 Å². The summed E-state index contributed by atoms with van der Waals surface area (Å²) in [5.41, 5.74) is 4.00. The van der Waals surface area contributed by atoms with Gasteiger partial charge in [-0.1, -0.05) is 36.4 Å². The molecule has 0 spiro atoms. The molecule has 0 saturated carbocycles. The molecule has 6 heterocycles. The first-order valence-corrected chi connectivity index (χ1v) is 20.9. The highest BCUT2D eigenvalue weighted by atomic mass is 16.6. The van der Waals surface area contributed by atoms with Gasteiger partial charge in [-0.3, -0.25) is 9.80 Å². The third kappa shape index (κ3) is 7.64. The maximum absolute atomic E-state index is 13.3. The number of hydrogen-bond donors (Lipinski definition) is 0. The van der Waals surface area contributed by atoms with Crippen LogP contribution in [-0.2, 0) is 22.7 Å². The summed E-state index contributed by atoms with van der Waals surface area (Å²) in [6.45, 7) is 12.3. The average Bonchev–Trinajstić information content (AvgIpc) is 3.84. The zero-order chi connectivity index (χ0) is 40.4. The van der Waals surface area contributed by atoms with E-state index in [1.165, 1.54) is 0 Å². The molecule has 4 aliphatic rings. The average molecular weight is 813 g/mol. The maximum atomic E-state index is 13.3. The van der Waals surface area contributed by atoms with Crippen LogP contribution in [0.25, 0.3) is 21.8 Å². The van der Waals surface area contributed by atoms with Crippen LogP contribution in [0.5, 0.6) is 34.5 Å². The molecule has 2 aromatic heterocycles. The Morgan fingerprint density at radius 3 is 1.33 bits per heavy atom. The molecule has 0 atom stereocenters. The summed E-state index contributed by atoms with van der Waals surface area (Å²) in [5.74, 6) is 1.78. The van der Waals surface area contributed by atoms with Crippen molar-refractivity contribution in [3.63, 3.8) is 0 Å². The summed E-state index contributed by atoms with van der Waals surface area (Å²) in [6, 6.07) is 27.7. The molecule has 0 radical (unpaired) electrons. The van der Waals surface area contributed by atoms with Crippen molar-refractivity contribution in [2.24, 2.45) is 0 Å². The van der Waals surface area contributed by atoms with E-state index in [0.717, 1.165) is 122 Å². The molecule has 10 rings (SSSR count). The quantitative estimate of drug-likeness (QED) is 0.132. The van der Waals surface area contributed by atoms with Crippen molar-refractivity contribution in [1.29, 1.82) is 0 Å². The highest BCUT2D eigenvalue weighted by molar-refractivity contribution is 6.31. The van der Waals surface area contributed by atoms with Crippen LogP contribution in [0.1, 0.15) is 0 Å². The highest BCUT2D eigenvalue weighted by Gasteiger charge is 2.27. The largest absolute Gasteiger partial charge is 0.486 e. The van der Waals surface area contributed by atoms with Crippen LogP contribution in [0, 0.1) is 0 Å². The van der Waals surface area contributed by atoms with Crippen LogP contribution < -0.4 is 38.2 Å². The Balaban J connectivity index is 0.747. The second-order valence-electron chi connectivity index (χ2n) is 15.4. The van der Waals surface area contributed by atoms with Crippen molar-refractivity contribution in [2.75, 3.05) is 102 Å². The van der Waals surface area contributed by atoms with Crippen molar-refractivity contribution in [1.82, 2.24) is 18.9 Å². The van der Waals surface area contributed by atoms with E-state index < -0.39 is 11.9 Å². The van der Waals surface area contributed by atoms with Gasteiger partial charge in [-0.15, -0.1) is 0 Å². The molecule has 60 heavy (non-hydrogen) atoms. The molecule has 4 aromatic carbocycles. The minimum atomic E-state index is -1.07. The maximum Gasteiger partial charge on any atom is 0.423 e. The Morgan fingerprint density at radius 1 is 0.467 bits per heavy atom. The van der Waals surface area contributed by atoms with Crippen molar-refractivity contribution in [3.05, 3.63) is 97.3 Å². The Hall–Kier alpha value is -6.38. The molecular weight excluding hydrogens is 765 g/mol. The third-order valence-corrected chi connectivity index (χ3v) is 11.9. The minimum absolute atomic E-state index is 0.323. The van der Waals surface area contributed by atoms with Crippen LogP contribution >= 0.6 is 0 Å². The number of anilines is 2. The fourth-order valence-corrected chi connectivity index (χ4v) is 8.78. The van der Waals surface area contributed by atoms with Gasteiger partial charge in [-0.05, 0) is 48.5 Å². The lowest BCUT2D eigenvalue weighted by atomic mass is 10.2. The van der Waals surface area contributed by atoms with E-state index in [4.69, 9.17) is 28.4 Å². The number of aromatic nitrogens is 2. The molecule has 2 saturated heterocycles. The van der Waals surface area contributed by atoms with Gasteiger partial charge in [0.1, 0.15) is 26.4 Å². The van der Waals surface area contributed by atoms with Crippen molar-refractivity contribution in [2.45, 2.75) is 13.1 Å². The van der Waals surface area contributed by atoms with Gasteiger partial charge < -0.3 is 47.4 Å². The first-order chi connectivity index (χ1) is 29.6. The monoisotopic (exact) mass is 812 g/mol. The van der Waals surface area contributed by atoms with Crippen LogP contribution in [0.4, 0.5) is 11.4 Å². The normalized spacial score (nSPS) is 16.9. The molecular formula is C46H48N6O8. The van der Waals surface area contributed by atoms with Gasteiger partial charge in [0.05, 0.1) is 22.4 Å². The first-order valence-electron chi connectivity index (χ1n) is 20.9. The molecule has 0 aliphatic carbocycles. The number of esters is 2. The highest BCUT2D eigenvalue weighted by Crippen LogP contribution is 2.41. The second-order valence-corrected chi connectivity index (χ2v) is 15.4. The van der Waals surface area contributed by atoms with E-state index in [2.05, 4.69) is 40.9 Å². The second kappa shape index (κ2) is 16.7. The fourth-order valence-electron chi connectivity index (χ4n) is 8.78. The van der Waals surface area contributed by atoms with E-state index in [1.807, 2.05) is 72.8 Å². The number of benzene rings is 4. The van der Waals surface area contributed by atoms with Crippen LogP contribution in [0.15, 0.2) is 97.3 Å². The van der Waals surface area contributed by atoms with E-state index >= 15 is 0 Å². The molecule has 0 unspecified atom stereocenters. The topological polar surface area (TPSA) is 112 Å². The van der Waals surface area contributed by atoms with Crippen molar-refractivity contribution >= 4 is 45.1 Å². The van der Waals surface area contributed by atoms with Gasteiger partial charge in [-0.2, -0.15) is 0 Å². The number of ether oxygens (including phenoxy) is 6. The minimum Gasteiger partial charge on any atom is -0.486 e. The molecule has 0 bridgehead atoms. The predicted octanol–water partition coefficient (Wildman–Crippen LogP) is 5.29. The van der Waals surface area contributed by atoms with E-state index in [-0.39, 0.29) is 0 Å².